The molecule has 3 nitrogen and oxygen atoms in total. The number of para-hydroxylation sites is 2. The predicted octanol–water partition coefficient (Wildman–Crippen LogP) is 5.28. The summed E-state index contributed by atoms with van der Waals surface area (Å²) in [4.78, 5) is 4.81. The average molecular weight is 342 g/mol. The zero-order chi connectivity index (χ0) is 17.9. The van der Waals surface area contributed by atoms with Crippen LogP contribution in [0, 0.1) is 13.8 Å². The first-order chi connectivity index (χ1) is 12.7. The number of benzene rings is 3. The number of hydrogen-bond acceptors (Lipinski definition) is 2. The lowest BCUT2D eigenvalue weighted by Crippen LogP contribution is -2.09. The lowest BCUT2D eigenvalue weighted by atomic mass is 10.1. The fraction of sp³-hybridized carbons (Fsp3) is 0.174. The molecule has 0 radical (unpaired) electrons. The van der Waals surface area contributed by atoms with Crippen LogP contribution in [-0.2, 0) is 13.2 Å². The van der Waals surface area contributed by atoms with Crippen molar-refractivity contribution in [1.29, 1.82) is 0 Å². The van der Waals surface area contributed by atoms with Crippen molar-refractivity contribution in [2.75, 3.05) is 0 Å². The third kappa shape index (κ3) is 3.33. The van der Waals surface area contributed by atoms with Gasteiger partial charge in [0.15, 0.2) is 0 Å². The molecule has 0 saturated carbocycles. The van der Waals surface area contributed by atoms with E-state index in [2.05, 4.69) is 66.9 Å². The monoisotopic (exact) mass is 342 g/mol. The molecule has 4 aromatic rings. The van der Waals surface area contributed by atoms with Crippen molar-refractivity contribution in [3.63, 3.8) is 0 Å². The zero-order valence-corrected chi connectivity index (χ0v) is 15.1. The Kier molecular flexibility index (Phi) is 4.44. The van der Waals surface area contributed by atoms with Crippen molar-refractivity contribution in [1.82, 2.24) is 9.55 Å². The molecule has 0 saturated heterocycles. The number of aromatic nitrogens is 2. The van der Waals surface area contributed by atoms with Gasteiger partial charge in [-0.25, -0.2) is 4.98 Å². The number of hydrogen-bond donors (Lipinski definition) is 0. The van der Waals surface area contributed by atoms with Crippen molar-refractivity contribution >= 4 is 11.0 Å². The van der Waals surface area contributed by atoms with Gasteiger partial charge in [-0.3, -0.25) is 0 Å². The first kappa shape index (κ1) is 16.4. The Morgan fingerprint density at radius 1 is 0.885 bits per heavy atom. The summed E-state index contributed by atoms with van der Waals surface area (Å²) in [7, 11) is 0. The second-order valence-corrected chi connectivity index (χ2v) is 6.63. The lowest BCUT2D eigenvalue weighted by molar-refractivity contribution is 0.291. The Balaban J connectivity index is 1.68. The SMILES string of the molecule is Cc1cccc(OCc2nc3ccccc3n2Cc2ccccc2C)c1. The molecule has 0 fully saturated rings. The van der Waals surface area contributed by atoms with Crippen LogP contribution in [0.15, 0.2) is 72.8 Å². The minimum atomic E-state index is 0.448. The van der Waals surface area contributed by atoms with Gasteiger partial charge in [0.2, 0.25) is 0 Å². The molecule has 130 valence electrons. The van der Waals surface area contributed by atoms with Gasteiger partial charge in [0.05, 0.1) is 11.0 Å². The van der Waals surface area contributed by atoms with Gasteiger partial charge in [-0.1, -0.05) is 48.5 Å². The second kappa shape index (κ2) is 7.04. The Hall–Kier alpha value is -3.07. The highest BCUT2D eigenvalue weighted by atomic mass is 16.5. The molecule has 26 heavy (non-hydrogen) atoms. The molecule has 1 aromatic heterocycles. The predicted molar refractivity (Wildman–Crippen MR) is 106 cm³/mol. The number of aryl methyl sites for hydroxylation is 2. The van der Waals surface area contributed by atoms with E-state index in [0.717, 1.165) is 29.2 Å². The van der Waals surface area contributed by atoms with Crippen LogP contribution >= 0.6 is 0 Å². The van der Waals surface area contributed by atoms with E-state index in [-0.39, 0.29) is 0 Å². The largest absolute Gasteiger partial charge is 0.486 e. The van der Waals surface area contributed by atoms with Gasteiger partial charge < -0.3 is 9.30 Å². The van der Waals surface area contributed by atoms with Crippen LogP contribution in [0.2, 0.25) is 0 Å². The number of ether oxygens (including phenoxy) is 1. The quantitative estimate of drug-likeness (QED) is 0.493. The molecule has 0 aliphatic heterocycles. The van der Waals surface area contributed by atoms with Gasteiger partial charge in [0.1, 0.15) is 18.2 Å². The first-order valence-corrected chi connectivity index (χ1v) is 8.89. The van der Waals surface area contributed by atoms with Crippen LogP contribution in [0.4, 0.5) is 0 Å². The summed E-state index contributed by atoms with van der Waals surface area (Å²) in [6.07, 6.45) is 0. The summed E-state index contributed by atoms with van der Waals surface area (Å²) in [5, 5.41) is 0. The van der Waals surface area contributed by atoms with E-state index in [1.54, 1.807) is 0 Å². The number of nitrogens with zero attached hydrogens (tertiary/aromatic N) is 2. The van der Waals surface area contributed by atoms with Gasteiger partial charge >= 0.3 is 0 Å². The number of fused-ring (bicyclic) bond motifs is 1. The van der Waals surface area contributed by atoms with E-state index in [1.807, 2.05) is 24.3 Å². The van der Waals surface area contributed by atoms with Crippen molar-refractivity contribution < 1.29 is 4.74 Å². The maximum atomic E-state index is 6.03. The summed E-state index contributed by atoms with van der Waals surface area (Å²) in [6, 6.07) is 24.9. The molecule has 0 spiro atoms. The molecule has 0 atom stereocenters. The second-order valence-electron chi connectivity index (χ2n) is 6.63. The van der Waals surface area contributed by atoms with E-state index < -0.39 is 0 Å². The zero-order valence-electron chi connectivity index (χ0n) is 15.1. The first-order valence-electron chi connectivity index (χ1n) is 8.89. The van der Waals surface area contributed by atoms with E-state index in [4.69, 9.17) is 9.72 Å². The minimum Gasteiger partial charge on any atom is -0.486 e. The molecular formula is C23H22N2O. The van der Waals surface area contributed by atoms with Crippen LogP contribution in [0.1, 0.15) is 22.5 Å². The van der Waals surface area contributed by atoms with Gasteiger partial charge in [0.25, 0.3) is 0 Å². The Labute approximate surface area is 153 Å². The molecule has 1 heterocycles. The third-order valence-electron chi connectivity index (χ3n) is 4.68. The summed E-state index contributed by atoms with van der Waals surface area (Å²) in [5.41, 5.74) is 5.92. The highest BCUT2D eigenvalue weighted by Gasteiger charge is 2.12. The average Bonchev–Trinajstić information content (AvgIpc) is 3.00. The van der Waals surface area contributed by atoms with Gasteiger partial charge in [0, 0.05) is 6.54 Å². The minimum absolute atomic E-state index is 0.448. The Morgan fingerprint density at radius 2 is 1.69 bits per heavy atom. The van der Waals surface area contributed by atoms with Gasteiger partial charge in [-0.05, 0) is 54.8 Å². The molecule has 0 unspecified atom stereocenters. The smallest absolute Gasteiger partial charge is 0.148 e. The summed E-state index contributed by atoms with van der Waals surface area (Å²) < 4.78 is 8.29. The van der Waals surface area contributed by atoms with Crippen LogP contribution in [0.5, 0.6) is 5.75 Å². The van der Waals surface area contributed by atoms with E-state index in [9.17, 15) is 0 Å². The summed E-state index contributed by atoms with van der Waals surface area (Å²) in [6.45, 7) is 5.46. The Morgan fingerprint density at radius 3 is 2.54 bits per heavy atom. The molecule has 0 amide bonds. The molecule has 0 N–H and O–H groups in total. The summed E-state index contributed by atoms with van der Waals surface area (Å²) >= 11 is 0. The highest BCUT2D eigenvalue weighted by molar-refractivity contribution is 5.76. The fourth-order valence-electron chi connectivity index (χ4n) is 3.22. The van der Waals surface area contributed by atoms with E-state index in [1.165, 1.54) is 16.7 Å². The van der Waals surface area contributed by atoms with Crippen molar-refractivity contribution in [2.45, 2.75) is 27.0 Å². The molecule has 0 aliphatic rings. The molecule has 0 bridgehead atoms. The van der Waals surface area contributed by atoms with Crippen LogP contribution in [-0.4, -0.2) is 9.55 Å². The van der Waals surface area contributed by atoms with Crippen LogP contribution in [0.3, 0.4) is 0 Å². The van der Waals surface area contributed by atoms with Gasteiger partial charge in [-0.15, -0.1) is 0 Å². The maximum Gasteiger partial charge on any atom is 0.148 e. The lowest BCUT2D eigenvalue weighted by Gasteiger charge is -2.12. The molecule has 4 rings (SSSR count). The summed E-state index contributed by atoms with van der Waals surface area (Å²) in [5.74, 6) is 1.82. The fourth-order valence-corrected chi connectivity index (χ4v) is 3.22. The maximum absolute atomic E-state index is 6.03. The van der Waals surface area contributed by atoms with Crippen LogP contribution < -0.4 is 4.74 Å². The number of imidazole rings is 1. The molecule has 0 aliphatic carbocycles. The standard InChI is InChI=1S/C23H22N2O/c1-17-8-7-11-20(14-17)26-16-23-24-21-12-5-6-13-22(21)25(23)15-19-10-4-3-9-18(19)2/h3-14H,15-16H2,1-2H3. The van der Waals surface area contributed by atoms with Gasteiger partial charge in [-0.2, -0.15) is 0 Å². The molecule has 3 aromatic carbocycles. The van der Waals surface area contributed by atoms with Crippen molar-refractivity contribution in [3.05, 3.63) is 95.3 Å². The molecular weight excluding hydrogens is 320 g/mol. The van der Waals surface area contributed by atoms with Crippen LogP contribution in [0.25, 0.3) is 11.0 Å². The van der Waals surface area contributed by atoms with Crippen molar-refractivity contribution in [3.8, 4) is 5.75 Å². The highest BCUT2D eigenvalue weighted by Crippen LogP contribution is 2.21. The van der Waals surface area contributed by atoms with Crippen molar-refractivity contribution in [2.24, 2.45) is 0 Å². The topological polar surface area (TPSA) is 27.1 Å². The van der Waals surface area contributed by atoms with E-state index in [0.29, 0.717) is 6.61 Å². The number of rotatable bonds is 5. The normalized spacial score (nSPS) is 11.0. The van der Waals surface area contributed by atoms with E-state index >= 15 is 0 Å². The third-order valence-corrected chi connectivity index (χ3v) is 4.68. The Bertz CT molecular complexity index is 1050. The molecule has 3 heteroatoms.